The average molecular weight is 318 g/mol. The molecule has 2 rings (SSSR count). The third-order valence-electron chi connectivity index (χ3n) is 3.17. The monoisotopic (exact) mass is 318 g/mol. The standard InChI is InChI=1S/C18H22O3S/c1-14(2)12-13-20-16-6-8-17(9-7-16)21-22(19)18-10-4-15(3)5-11-18/h4-11,14H,12-13H2,1-3H3. The highest BCUT2D eigenvalue weighted by molar-refractivity contribution is 7.80. The second-order valence-electron chi connectivity index (χ2n) is 5.63. The van der Waals surface area contributed by atoms with Crippen LogP contribution in [-0.2, 0) is 11.1 Å². The number of benzene rings is 2. The van der Waals surface area contributed by atoms with Crippen molar-refractivity contribution in [2.75, 3.05) is 6.61 Å². The second-order valence-corrected chi connectivity index (χ2v) is 6.74. The summed E-state index contributed by atoms with van der Waals surface area (Å²) in [5.41, 5.74) is 1.13. The summed E-state index contributed by atoms with van der Waals surface area (Å²) in [4.78, 5) is 0.655. The molecular formula is C18H22O3S. The predicted octanol–water partition coefficient (Wildman–Crippen LogP) is 4.52. The summed E-state index contributed by atoms with van der Waals surface area (Å²) in [6, 6.07) is 14.7. The van der Waals surface area contributed by atoms with Crippen LogP contribution in [0.1, 0.15) is 25.8 Å². The number of ether oxygens (including phenoxy) is 1. The largest absolute Gasteiger partial charge is 0.494 e. The maximum Gasteiger partial charge on any atom is 0.240 e. The third-order valence-corrected chi connectivity index (χ3v) is 4.17. The Labute approximate surface area is 134 Å². The topological polar surface area (TPSA) is 35.5 Å². The number of hydrogen-bond donors (Lipinski definition) is 0. The quantitative estimate of drug-likeness (QED) is 0.753. The summed E-state index contributed by atoms with van der Waals surface area (Å²) >= 11 is -1.50. The van der Waals surface area contributed by atoms with E-state index in [1.807, 2.05) is 43.3 Å². The van der Waals surface area contributed by atoms with E-state index in [4.69, 9.17) is 8.92 Å². The predicted molar refractivity (Wildman–Crippen MR) is 89.6 cm³/mol. The summed E-state index contributed by atoms with van der Waals surface area (Å²) in [5.74, 6) is 1.99. The van der Waals surface area contributed by atoms with Gasteiger partial charge < -0.3 is 8.92 Å². The van der Waals surface area contributed by atoms with Crippen molar-refractivity contribution in [3.63, 3.8) is 0 Å². The van der Waals surface area contributed by atoms with E-state index in [2.05, 4.69) is 13.8 Å². The molecule has 0 N–H and O–H groups in total. The zero-order valence-corrected chi connectivity index (χ0v) is 14.1. The molecule has 0 aromatic heterocycles. The van der Waals surface area contributed by atoms with E-state index in [9.17, 15) is 4.21 Å². The van der Waals surface area contributed by atoms with Gasteiger partial charge in [-0.2, -0.15) is 0 Å². The lowest BCUT2D eigenvalue weighted by atomic mass is 10.1. The maximum atomic E-state index is 12.1. The van der Waals surface area contributed by atoms with Gasteiger partial charge in [0.25, 0.3) is 0 Å². The second kappa shape index (κ2) is 7.99. The fourth-order valence-corrected chi connectivity index (χ4v) is 2.53. The van der Waals surface area contributed by atoms with Crippen molar-refractivity contribution < 1.29 is 13.1 Å². The molecule has 0 aliphatic carbocycles. The first-order valence-corrected chi connectivity index (χ1v) is 8.51. The van der Waals surface area contributed by atoms with Gasteiger partial charge in [-0.3, -0.25) is 0 Å². The molecule has 1 unspecified atom stereocenters. The molecule has 22 heavy (non-hydrogen) atoms. The first-order chi connectivity index (χ1) is 10.5. The molecule has 0 saturated carbocycles. The minimum atomic E-state index is -1.50. The van der Waals surface area contributed by atoms with Crippen molar-refractivity contribution in [1.82, 2.24) is 0 Å². The van der Waals surface area contributed by atoms with Gasteiger partial charge in [0.1, 0.15) is 11.5 Å². The van der Waals surface area contributed by atoms with Crippen LogP contribution in [0.3, 0.4) is 0 Å². The fraction of sp³-hybridized carbons (Fsp3) is 0.333. The Morgan fingerprint density at radius 1 is 0.955 bits per heavy atom. The minimum Gasteiger partial charge on any atom is -0.494 e. The van der Waals surface area contributed by atoms with E-state index < -0.39 is 11.1 Å². The van der Waals surface area contributed by atoms with Crippen molar-refractivity contribution >= 4 is 11.1 Å². The molecule has 118 valence electrons. The van der Waals surface area contributed by atoms with Crippen molar-refractivity contribution in [2.24, 2.45) is 5.92 Å². The number of hydrogen-bond acceptors (Lipinski definition) is 3. The SMILES string of the molecule is Cc1ccc(S(=O)Oc2ccc(OCCC(C)C)cc2)cc1. The third kappa shape index (κ3) is 5.19. The Morgan fingerprint density at radius 2 is 1.55 bits per heavy atom. The van der Waals surface area contributed by atoms with E-state index >= 15 is 0 Å². The van der Waals surface area contributed by atoms with Crippen LogP contribution in [-0.4, -0.2) is 10.8 Å². The van der Waals surface area contributed by atoms with Gasteiger partial charge in [0.15, 0.2) is 0 Å². The summed E-state index contributed by atoms with van der Waals surface area (Å²) in [7, 11) is 0. The van der Waals surface area contributed by atoms with E-state index in [0.29, 0.717) is 23.2 Å². The lowest BCUT2D eigenvalue weighted by molar-refractivity contribution is 0.289. The molecule has 0 fully saturated rings. The lowest BCUT2D eigenvalue weighted by Gasteiger charge is -2.09. The van der Waals surface area contributed by atoms with Gasteiger partial charge in [-0.15, -0.1) is 0 Å². The summed E-state index contributed by atoms with van der Waals surface area (Å²) in [5, 5.41) is 0. The highest BCUT2D eigenvalue weighted by Gasteiger charge is 2.06. The Kier molecular flexibility index (Phi) is 6.01. The van der Waals surface area contributed by atoms with Gasteiger partial charge in [0, 0.05) is 0 Å². The molecule has 0 bridgehead atoms. The molecule has 0 radical (unpaired) electrons. The van der Waals surface area contributed by atoms with Crippen LogP contribution in [0.15, 0.2) is 53.4 Å². The van der Waals surface area contributed by atoms with Gasteiger partial charge in [-0.05, 0) is 55.7 Å². The zero-order chi connectivity index (χ0) is 15.9. The van der Waals surface area contributed by atoms with Crippen LogP contribution in [0, 0.1) is 12.8 Å². The van der Waals surface area contributed by atoms with Crippen molar-refractivity contribution in [2.45, 2.75) is 32.1 Å². The molecule has 0 spiro atoms. The van der Waals surface area contributed by atoms with Crippen LogP contribution < -0.4 is 8.92 Å². The van der Waals surface area contributed by atoms with Crippen LogP contribution in [0.25, 0.3) is 0 Å². The van der Waals surface area contributed by atoms with Gasteiger partial charge >= 0.3 is 0 Å². The lowest BCUT2D eigenvalue weighted by Crippen LogP contribution is -2.02. The number of rotatable bonds is 7. The van der Waals surface area contributed by atoms with Gasteiger partial charge in [-0.1, -0.05) is 31.5 Å². The molecule has 0 heterocycles. The van der Waals surface area contributed by atoms with E-state index in [0.717, 1.165) is 17.7 Å². The molecule has 3 nitrogen and oxygen atoms in total. The maximum absolute atomic E-state index is 12.1. The summed E-state index contributed by atoms with van der Waals surface area (Å²) < 4.78 is 23.2. The fourth-order valence-electron chi connectivity index (χ4n) is 1.79. The molecular weight excluding hydrogens is 296 g/mol. The highest BCUT2D eigenvalue weighted by atomic mass is 32.2. The number of aryl methyl sites for hydroxylation is 1. The molecule has 2 aromatic carbocycles. The molecule has 0 aliphatic rings. The zero-order valence-electron chi connectivity index (χ0n) is 13.2. The Hall–Kier alpha value is -1.81. The van der Waals surface area contributed by atoms with Crippen LogP contribution in [0.2, 0.25) is 0 Å². The average Bonchev–Trinajstić information content (AvgIpc) is 2.49. The minimum absolute atomic E-state index is 0.565. The van der Waals surface area contributed by atoms with E-state index in [-0.39, 0.29) is 0 Å². The smallest absolute Gasteiger partial charge is 0.240 e. The molecule has 2 aromatic rings. The molecule has 0 saturated heterocycles. The van der Waals surface area contributed by atoms with Crippen LogP contribution in [0.4, 0.5) is 0 Å². The van der Waals surface area contributed by atoms with Crippen molar-refractivity contribution in [3.05, 3.63) is 54.1 Å². The van der Waals surface area contributed by atoms with Crippen molar-refractivity contribution in [3.8, 4) is 11.5 Å². The Bertz CT molecular complexity index is 603. The highest BCUT2D eigenvalue weighted by Crippen LogP contribution is 2.20. The summed E-state index contributed by atoms with van der Waals surface area (Å²) in [6.45, 7) is 7.03. The van der Waals surface area contributed by atoms with Crippen LogP contribution >= 0.6 is 0 Å². The first kappa shape index (κ1) is 16.6. The van der Waals surface area contributed by atoms with E-state index in [1.165, 1.54) is 0 Å². The van der Waals surface area contributed by atoms with E-state index in [1.54, 1.807) is 12.1 Å². The summed E-state index contributed by atoms with van der Waals surface area (Å²) in [6.07, 6.45) is 1.02. The molecule has 4 heteroatoms. The Balaban J connectivity index is 1.90. The van der Waals surface area contributed by atoms with Gasteiger partial charge in [0.05, 0.1) is 11.5 Å². The van der Waals surface area contributed by atoms with Crippen LogP contribution in [0.5, 0.6) is 11.5 Å². The van der Waals surface area contributed by atoms with Gasteiger partial charge in [-0.25, -0.2) is 4.21 Å². The van der Waals surface area contributed by atoms with Gasteiger partial charge in [0.2, 0.25) is 11.1 Å². The molecule has 1 atom stereocenters. The molecule has 0 amide bonds. The molecule has 0 aliphatic heterocycles. The van der Waals surface area contributed by atoms with Crippen molar-refractivity contribution in [1.29, 1.82) is 0 Å². The normalized spacial score (nSPS) is 12.2. The first-order valence-electron chi connectivity index (χ1n) is 7.44. The Morgan fingerprint density at radius 3 is 2.14 bits per heavy atom.